The standard InChI is InChI=1S/C13H19N3O3S/c14-8-10-4-1-2-5-11(10)9-20(18,19)16-12-6-3-7-15-13(12)17/h1-2,4-5,12,16H,3,6-9,14H2,(H,15,17). The van der Waals surface area contributed by atoms with E-state index in [2.05, 4.69) is 10.0 Å². The minimum Gasteiger partial charge on any atom is -0.355 e. The van der Waals surface area contributed by atoms with Gasteiger partial charge in [0.1, 0.15) is 6.04 Å². The molecule has 1 saturated heterocycles. The SMILES string of the molecule is NCc1ccccc1CS(=O)(=O)NC1CCCNC1=O. The predicted molar refractivity (Wildman–Crippen MR) is 76.1 cm³/mol. The summed E-state index contributed by atoms with van der Waals surface area (Å²) in [5.41, 5.74) is 7.06. The number of carbonyl (C=O) groups is 1. The molecule has 1 aromatic carbocycles. The molecule has 0 spiro atoms. The third-order valence-electron chi connectivity index (χ3n) is 3.29. The van der Waals surface area contributed by atoms with Gasteiger partial charge in [-0.3, -0.25) is 4.79 Å². The summed E-state index contributed by atoms with van der Waals surface area (Å²) < 4.78 is 26.8. The highest BCUT2D eigenvalue weighted by Crippen LogP contribution is 2.13. The fraction of sp³-hybridized carbons (Fsp3) is 0.462. The third-order valence-corrected chi connectivity index (χ3v) is 4.63. The normalized spacial score (nSPS) is 19.6. The van der Waals surface area contributed by atoms with E-state index in [0.717, 1.165) is 12.0 Å². The average molecular weight is 297 g/mol. The maximum absolute atomic E-state index is 12.1. The molecule has 1 aliphatic heterocycles. The minimum absolute atomic E-state index is 0.163. The van der Waals surface area contributed by atoms with Crippen molar-refractivity contribution in [3.63, 3.8) is 0 Å². The smallest absolute Gasteiger partial charge is 0.238 e. The molecule has 0 aromatic heterocycles. The van der Waals surface area contributed by atoms with Crippen molar-refractivity contribution >= 4 is 15.9 Å². The van der Waals surface area contributed by atoms with Gasteiger partial charge in [-0.15, -0.1) is 0 Å². The fourth-order valence-electron chi connectivity index (χ4n) is 2.25. The van der Waals surface area contributed by atoms with Gasteiger partial charge in [-0.25, -0.2) is 13.1 Å². The molecule has 1 fully saturated rings. The summed E-state index contributed by atoms with van der Waals surface area (Å²) in [6, 6.07) is 6.47. The molecule has 2 rings (SSSR count). The Bertz CT molecular complexity index is 586. The molecule has 0 bridgehead atoms. The number of rotatable bonds is 5. The van der Waals surface area contributed by atoms with Gasteiger partial charge in [0.05, 0.1) is 5.75 Å². The third kappa shape index (κ3) is 3.78. The van der Waals surface area contributed by atoms with Crippen LogP contribution in [0.25, 0.3) is 0 Å². The summed E-state index contributed by atoms with van der Waals surface area (Å²) in [5.74, 6) is -0.420. The van der Waals surface area contributed by atoms with Crippen molar-refractivity contribution in [1.29, 1.82) is 0 Å². The second-order valence-electron chi connectivity index (χ2n) is 4.84. The van der Waals surface area contributed by atoms with E-state index < -0.39 is 16.1 Å². The van der Waals surface area contributed by atoms with Crippen molar-refractivity contribution in [2.45, 2.75) is 31.2 Å². The largest absolute Gasteiger partial charge is 0.355 e. The number of amides is 1. The van der Waals surface area contributed by atoms with Gasteiger partial charge in [0, 0.05) is 13.1 Å². The Morgan fingerprint density at radius 3 is 2.65 bits per heavy atom. The predicted octanol–water partition coefficient (Wildman–Crippen LogP) is -0.157. The lowest BCUT2D eigenvalue weighted by Crippen LogP contribution is -2.50. The molecule has 6 nitrogen and oxygen atoms in total. The number of nitrogens with two attached hydrogens (primary N) is 1. The highest BCUT2D eigenvalue weighted by atomic mass is 32.2. The van der Waals surface area contributed by atoms with Crippen LogP contribution in [0.5, 0.6) is 0 Å². The zero-order chi connectivity index (χ0) is 14.6. The number of carbonyl (C=O) groups excluding carboxylic acids is 1. The van der Waals surface area contributed by atoms with Crippen LogP contribution >= 0.6 is 0 Å². The summed E-state index contributed by atoms with van der Waals surface area (Å²) in [6.07, 6.45) is 1.31. The Labute approximate surface area is 118 Å². The number of hydrogen-bond acceptors (Lipinski definition) is 4. The van der Waals surface area contributed by atoms with Crippen LogP contribution in [0.4, 0.5) is 0 Å². The molecule has 1 aromatic rings. The summed E-state index contributed by atoms with van der Waals surface area (Å²) in [6.45, 7) is 0.892. The van der Waals surface area contributed by atoms with Crippen LogP contribution in [0.15, 0.2) is 24.3 Å². The Kier molecular flexibility index (Phi) is 4.74. The minimum atomic E-state index is -3.57. The molecule has 7 heteroatoms. The van der Waals surface area contributed by atoms with Gasteiger partial charge >= 0.3 is 0 Å². The lowest BCUT2D eigenvalue weighted by Gasteiger charge is -2.22. The van der Waals surface area contributed by atoms with Crippen molar-refractivity contribution in [2.75, 3.05) is 6.54 Å². The van der Waals surface area contributed by atoms with E-state index in [0.29, 0.717) is 18.5 Å². The van der Waals surface area contributed by atoms with E-state index in [1.807, 2.05) is 6.07 Å². The number of piperidine rings is 1. The second-order valence-corrected chi connectivity index (χ2v) is 6.59. The Morgan fingerprint density at radius 1 is 1.30 bits per heavy atom. The first-order chi connectivity index (χ1) is 9.52. The van der Waals surface area contributed by atoms with Crippen LogP contribution in [0, 0.1) is 0 Å². The van der Waals surface area contributed by atoms with Crippen LogP contribution < -0.4 is 15.8 Å². The molecule has 0 saturated carbocycles. The Balaban J connectivity index is 2.09. The Morgan fingerprint density at radius 2 is 2.00 bits per heavy atom. The van der Waals surface area contributed by atoms with E-state index in [1.54, 1.807) is 18.2 Å². The molecule has 1 aliphatic rings. The molecule has 1 heterocycles. The number of nitrogens with one attached hydrogen (secondary N) is 2. The van der Waals surface area contributed by atoms with Crippen LogP contribution in [0.3, 0.4) is 0 Å². The number of benzene rings is 1. The lowest BCUT2D eigenvalue weighted by atomic mass is 10.1. The maximum atomic E-state index is 12.1. The van der Waals surface area contributed by atoms with Gasteiger partial charge in [-0.2, -0.15) is 0 Å². The average Bonchev–Trinajstić information content (AvgIpc) is 2.41. The molecule has 0 aliphatic carbocycles. The van der Waals surface area contributed by atoms with Crippen molar-refractivity contribution in [1.82, 2.24) is 10.0 Å². The Hall–Kier alpha value is -1.44. The highest BCUT2D eigenvalue weighted by molar-refractivity contribution is 7.88. The molecule has 1 unspecified atom stereocenters. The van der Waals surface area contributed by atoms with Gasteiger partial charge < -0.3 is 11.1 Å². The molecular formula is C13H19N3O3S. The molecule has 4 N–H and O–H groups in total. The molecule has 1 atom stereocenters. The van der Waals surface area contributed by atoms with E-state index >= 15 is 0 Å². The number of sulfonamides is 1. The fourth-order valence-corrected chi connectivity index (χ4v) is 3.68. The maximum Gasteiger partial charge on any atom is 0.238 e. The van der Waals surface area contributed by atoms with Crippen LogP contribution in [-0.4, -0.2) is 26.9 Å². The van der Waals surface area contributed by atoms with Crippen molar-refractivity contribution in [3.8, 4) is 0 Å². The van der Waals surface area contributed by atoms with Gasteiger partial charge in [0.2, 0.25) is 15.9 Å². The first-order valence-corrected chi connectivity index (χ1v) is 8.21. The molecule has 110 valence electrons. The quantitative estimate of drug-likeness (QED) is 0.703. The van der Waals surface area contributed by atoms with Crippen LogP contribution in [-0.2, 0) is 27.1 Å². The zero-order valence-corrected chi connectivity index (χ0v) is 11.9. The van der Waals surface area contributed by atoms with Gasteiger partial charge in [-0.1, -0.05) is 24.3 Å². The molecule has 0 radical (unpaired) electrons. The van der Waals surface area contributed by atoms with E-state index in [4.69, 9.17) is 5.73 Å². The lowest BCUT2D eigenvalue weighted by molar-refractivity contribution is -0.124. The number of hydrogen-bond donors (Lipinski definition) is 3. The van der Waals surface area contributed by atoms with Crippen molar-refractivity contribution in [3.05, 3.63) is 35.4 Å². The first-order valence-electron chi connectivity index (χ1n) is 6.56. The van der Waals surface area contributed by atoms with Crippen LogP contribution in [0.2, 0.25) is 0 Å². The topological polar surface area (TPSA) is 101 Å². The summed E-state index contributed by atoms with van der Waals surface area (Å²) in [4.78, 5) is 11.6. The first kappa shape index (κ1) is 15.0. The van der Waals surface area contributed by atoms with Gasteiger partial charge in [0.15, 0.2) is 0 Å². The second kappa shape index (κ2) is 6.34. The molecular weight excluding hydrogens is 278 g/mol. The van der Waals surface area contributed by atoms with Gasteiger partial charge in [-0.05, 0) is 24.0 Å². The molecule has 20 heavy (non-hydrogen) atoms. The van der Waals surface area contributed by atoms with Gasteiger partial charge in [0.25, 0.3) is 0 Å². The summed E-state index contributed by atoms with van der Waals surface area (Å²) in [7, 11) is -3.57. The summed E-state index contributed by atoms with van der Waals surface area (Å²) in [5, 5.41) is 2.66. The van der Waals surface area contributed by atoms with E-state index in [1.165, 1.54) is 0 Å². The van der Waals surface area contributed by atoms with E-state index in [9.17, 15) is 13.2 Å². The highest BCUT2D eigenvalue weighted by Gasteiger charge is 2.27. The van der Waals surface area contributed by atoms with Crippen LogP contribution in [0.1, 0.15) is 24.0 Å². The van der Waals surface area contributed by atoms with E-state index in [-0.39, 0.29) is 18.2 Å². The van der Waals surface area contributed by atoms with Crippen molar-refractivity contribution < 1.29 is 13.2 Å². The monoisotopic (exact) mass is 297 g/mol. The summed E-state index contributed by atoms with van der Waals surface area (Å²) >= 11 is 0. The van der Waals surface area contributed by atoms with Crippen molar-refractivity contribution in [2.24, 2.45) is 5.73 Å². The molecule has 1 amide bonds. The zero-order valence-electron chi connectivity index (χ0n) is 11.1.